The van der Waals surface area contributed by atoms with Crippen LogP contribution in [0.3, 0.4) is 0 Å². The molecule has 1 aliphatic rings. The number of aliphatic hydroxyl groups is 1. The molecule has 0 aliphatic carbocycles. The fourth-order valence-corrected chi connectivity index (χ4v) is 2.67. The van der Waals surface area contributed by atoms with Gasteiger partial charge in [-0.05, 0) is 34.1 Å². The number of aromatic nitrogens is 1. The number of carbonyl (C=O) groups excluding carboxylic acids is 1. The van der Waals surface area contributed by atoms with Crippen molar-refractivity contribution in [3.63, 3.8) is 0 Å². The minimum Gasteiger partial charge on any atom is -0.491 e. The lowest BCUT2D eigenvalue weighted by atomic mass is 10.3. The highest BCUT2D eigenvalue weighted by Crippen LogP contribution is 2.35. The van der Waals surface area contributed by atoms with Crippen LogP contribution in [-0.4, -0.2) is 41.6 Å². The zero-order valence-electron chi connectivity index (χ0n) is 13.7. The van der Waals surface area contributed by atoms with E-state index in [9.17, 15) is 14.7 Å². The SMILES string of the molecule is O=C(Cn1cc(Br)ccc1=O)NCC(O)COc1ccc2c(c1)OCO2. The first-order valence-electron chi connectivity index (χ1n) is 7.84. The average molecular weight is 425 g/mol. The van der Waals surface area contributed by atoms with Gasteiger partial charge in [0.05, 0.1) is 0 Å². The number of halogens is 1. The number of rotatable bonds is 7. The van der Waals surface area contributed by atoms with Crippen molar-refractivity contribution in [2.75, 3.05) is 19.9 Å². The summed E-state index contributed by atoms with van der Waals surface area (Å²) in [5.74, 6) is 1.38. The molecule has 1 amide bonds. The van der Waals surface area contributed by atoms with Gasteiger partial charge in [0, 0.05) is 29.3 Å². The molecule has 0 fully saturated rings. The molecule has 0 bridgehead atoms. The third kappa shape index (κ3) is 4.77. The summed E-state index contributed by atoms with van der Waals surface area (Å²) in [6.07, 6.45) is 0.629. The Morgan fingerprint density at radius 1 is 1.31 bits per heavy atom. The molecule has 1 aromatic carbocycles. The number of amides is 1. The van der Waals surface area contributed by atoms with E-state index in [0.29, 0.717) is 21.7 Å². The highest BCUT2D eigenvalue weighted by molar-refractivity contribution is 9.10. The number of nitrogens with zero attached hydrogens (tertiary/aromatic N) is 1. The highest BCUT2D eigenvalue weighted by atomic mass is 79.9. The van der Waals surface area contributed by atoms with E-state index in [1.807, 2.05) is 0 Å². The maximum absolute atomic E-state index is 11.9. The van der Waals surface area contributed by atoms with Gasteiger partial charge in [-0.2, -0.15) is 0 Å². The average Bonchev–Trinajstić information content (AvgIpc) is 3.09. The summed E-state index contributed by atoms with van der Waals surface area (Å²) >= 11 is 3.24. The number of hydrogen-bond acceptors (Lipinski definition) is 6. The highest BCUT2D eigenvalue weighted by Gasteiger charge is 2.15. The van der Waals surface area contributed by atoms with E-state index in [0.717, 1.165) is 0 Å². The van der Waals surface area contributed by atoms with Gasteiger partial charge in [0.25, 0.3) is 5.56 Å². The second-order valence-electron chi connectivity index (χ2n) is 5.60. The van der Waals surface area contributed by atoms with Crippen molar-refractivity contribution >= 4 is 21.8 Å². The van der Waals surface area contributed by atoms with Crippen molar-refractivity contribution < 1.29 is 24.1 Å². The molecular weight excluding hydrogens is 408 g/mol. The van der Waals surface area contributed by atoms with Crippen LogP contribution in [0, 0.1) is 0 Å². The van der Waals surface area contributed by atoms with E-state index in [1.54, 1.807) is 24.3 Å². The molecule has 2 N–H and O–H groups in total. The van der Waals surface area contributed by atoms with Crippen molar-refractivity contribution in [3.8, 4) is 17.2 Å². The molecule has 1 aliphatic heterocycles. The Balaban J connectivity index is 1.43. The van der Waals surface area contributed by atoms with E-state index >= 15 is 0 Å². The predicted molar refractivity (Wildman–Crippen MR) is 95.5 cm³/mol. The molecule has 2 heterocycles. The second-order valence-corrected chi connectivity index (χ2v) is 6.51. The third-order valence-electron chi connectivity index (χ3n) is 3.58. The first kappa shape index (κ1) is 18.3. The van der Waals surface area contributed by atoms with E-state index < -0.39 is 6.10 Å². The van der Waals surface area contributed by atoms with E-state index in [-0.39, 0.29) is 38.0 Å². The summed E-state index contributed by atoms with van der Waals surface area (Å²) in [5.41, 5.74) is -0.282. The van der Waals surface area contributed by atoms with Gasteiger partial charge in [-0.15, -0.1) is 0 Å². The number of carbonyl (C=O) groups is 1. The summed E-state index contributed by atoms with van der Waals surface area (Å²) in [6.45, 7) is 0.0470. The number of nitrogens with one attached hydrogen (secondary N) is 1. The quantitative estimate of drug-likeness (QED) is 0.684. The standard InChI is InChI=1S/C17H17BrN2O6/c18-11-1-4-17(23)20(7-11)8-16(22)19-6-12(21)9-24-13-2-3-14-15(5-13)26-10-25-14/h1-5,7,12,21H,6,8-10H2,(H,19,22). The van der Waals surface area contributed by atoms with Crippen molar-refractivity contribution in [3.05, 3.63) is 51.4 Å². The molecule has 3 rings (SSSR count). The molecule has 1 unspecified atom stereocenters. The maximum Gasteiger partial charge on any atom is 0.251 e. The minimum absolute atomic E-state index is 0.00322. The van der Waals surface area contributed by atoms with Crippen LogP contribution in [0.2, 0.25) is 0 Å². The summed E-state index contributed by atoms with van der Waals surface area (Å²) in [4.78, 5) is 23.6. The first-order chi connectivity index (χ1) is 12.5. The summed E-state index contributed by atoms with van der Waals surface area (Å²) in [6, 6.07) is 8.08. The fourth-order valence-electron chi connectivity index (χ4n) is 2.29. The Kier molecular flexibility index (Phi) is 5.79. The van der Waals surface area contributed by atoms with Gasteiger partial charge in [-0.1, -0.05) is 0 Å². The second kappa shape index (κ2) is 8.24. The van der Waals surface area contributed by atoms with Gasteiger partial charge in [-0.3, -0.25) is 9.59 Å². The molecule has 0 spiro atoms. The van der Waals surface area contributed by atoms with Gasteiger partial charge < -0.3 is 29.2 Å². The number of ether oxygens (including phenoxy) is 3. The number of pyridine rings is 1. The van der Waals surface area contributed by atoms with Crippen LogP contribution >= 0.6 is 15.9 Å². The summed E-state index contributed by atoms with van der Waals surface area (Å²) in [7, 11) is 0. The van der Waals surface area contributed by atoms with Crippen LogP contribution in [-0.2, 0) is 11.3 Å². The predicted octanol–water partition coefficient (Wildman–Crippen LogP) is 0.896. The van der Waals surface area contributed by atoms with Crippen LogP contribution in [0.1, 0.15) is 0 Å². The van der Waals surface area contributed by atoms with Crippen LogP contribution in [0.15, 0.2) is 45.8 Å². The molecule has 2 aromatic rings. The van der Waals surface area contributed by atoms with Crippen LogP contribution in [0.5, 0.6) is 17.2 Å². The fraction of sp³-hybridized carbons (Fsp3) is 0.294. The topological polar surface area (TPSA) is 99.0 Å². The molecule has 1 atom stereocenters. The van der Waals surface area contributed by atoms with E-state index in [1.165, 1.54) is 16.8 Å². The van der Waals surface area contributed by atoms with Gasteiger partial charge in [-0.25, -0.2) is 0 Å². The number of fused-ring (bicyclic) bond motifs is 1. The van der Waals surface area contributed by atoms with Crippen molar-refractivity contribution in [2.24, 2.45) is 0 Å². The largest absolute Gasteiger partial charge is 0.491 e. The molecule has 1 aromatic heterocycles. The zero-order valence-corrected chi connectivity index (χ0v) is 15.3. The molecule has 9 heteroatoms. The summed E-state index contributed by atoms with van der Waals surface area (Å²) < 4.78 is 17.9. The van der Waals surface area contributed by atoms with Crippen LogP contribution < -0.4 is 25.1 Å². The molecule has 0 saturated heterocycles. The lowest BCUT2D eigenvalue weighted by molar-refractivity contribution is -0.122. The first-order valence-corrected chi connectivity index (χ1v) is 8.64. The molecule has 138 valence electrons. The minimum atomic E-state index is -0.899. The van der Waals surface area contributed by atoms with Gasteiger partial charge in [0.2, 0.25) is 12.7 Å². The molecule has 8 nitrogen and oxygen atoms in total. The Morgan fingerprint density at radius 2 is 2.12 bits per heavy atom. The van der Waals surface area contributed by atoms with Crippen molar-refractivity contribution in [1.29, 1.82) is 0 Å². The normalized spacial score (nSPS) is 13.3. The smallest absolute Gasteiger partial charge is 0.251 e. The lowest BCUT2D eigenvalue weighted by Crippen LogP contribution is -2.38. The Bertz CT molecular complexity index is 853. The van der Waals surface area contributed by atoms with Gasteiger partial charge in [0.1, 0.15) is 25.0 Å². The zero-order chi connectivity index (χ0) is 18.5. The van der Waals surface area contributed by atoms with Gasteiger partial charge >= 0.3 is 0 Å². The number of aliphatic hydroxyl groups excluding tert-OH is 1. The number of benzene rings is 1. The lowest BCUT2D eigenvalue weighted by Gasteiger charge is -2.14. The number of hydrogen-bond donors (Lipinski definition) is 2. The van der Waals surface area contributed by atoms with E-state index in [4.69, 9.17) is 14.2 Å². The molecular formula is C17H17BrN2O6. The Morgan fingerprint density at radius 3 is 2.96 bits per heavy atom. The molecule has 0 saturated carbocycles. The van der Waals surface area contributed by atoms with Crippen molar-refractivity contribution in [2.45, 2.75) is 12.6 Å². The van der Waals surface area contributed by atoms with Gasteiger partial charge in [0.15, 0.2) is 11.5 Å². The van der Waals surface area contributed by atoms with Crippen molar-refractivity contribution in [1.82, 2.24) is 9.88 Å². The Hall–Kier alpha value is -2.52. The Labute approximate surface area is 157 Å². The maximum atomic E-state index is 11.9. The van der Waals surface area contributed by atoms with E-state index in [2.05, 4.69) is 21.2 Å². The van der Waals surface area contributed by atoms with Crippen LogP contribution in [0.25, 0.3) is 0 Å². The third-order valence-corrected chi connectivity index (χ3v) is 4.05. The molecule has 26 heavy (non-hydrogen) atoms. The molecule has 0 radical (unpaired) electrons. The van der Waals surface area contributed by atoms with Crippen LogP contribution in [0.4, 0.5) is 0 Å². The summed E-state index contributed by atoms with van der Waals surface area (Å²) in [5, 5.41) is 12.5. The monoisotopic (exact) mass is 424 g/mol.